The number of ether oxygens (including phenoxy) is 2. The molecule has 3 aromatic carbocycles. The highest BCUT2D eigenvalue weighted by molar-refractivity contribution is 6.01. The van der Waals surface area contributed by atoms with Crippen molar-refractivity contribution in [3.8, 4) is 17.2 Å². The van der Waals surface area contributed by atoms with E-state index in [1.807, 2.05) is 0 Å². The monoisotopic (exact) mass is 570 g/mol. The molecular weight excluding hydrogens is 549 g/mol. The van der Waals surface area contributed by atoms with Gasteiger partial charge in [-0.3, -0.25) is 10.5 Å². The zero-order chi connectivity index (χ0) is 29.1. The van der Waals surface area contributed by atoms with E-state index in [2.05, 4.69) is 36.1 Å². The molecule has 4 aromatic rings. The van der Waals surface area contributed by atoms with Gasteiger partial charge in [0.05, 0.1) is 35.4 Å². The average molecular weight is 570 g/mol. The standard InChI is InChI=1S/C25H21F3N8O5/c1-40-24(38)34-22-32-18-8-7-17(11-21(18)36(22)39)41-16-5-3-15(4-6-16)31-23(37)33-19-10-14(25(26,27)28)2-9-20(19)35-13-29-12-30-35/h2-13,22,32,39H,1H3,(H,34,38)(H2,31,33,37). The summed E-state index contributed by atoms with van der Waals surface area (Å²) in [5.74, 6) is 0.758. The predicted octanol–water partition coefficient (Wildman–Crippen LogP) is 4.98. The Bertz CT molecular complexity index is 1560. The van der Waals surface area contributed by atoms with Gasteiger partial charge in [-0.15, -0.1) is 0 Å². The predicted molar refractivity (Wildman–Crippen MR) is 139 cm³/mol. The molecule has 5 rings (SSSR count). The van der Waals surface area contributed by atoms with Crippen molar-refractivity contribution in [2.75, 3.05) is 28.1 Å². The molecule has 0 bridgehead atoms. The van der Waals surface area contributed by atoms with Crippen LogP contribution in [-0.4, -0.2) is 45.5 Å². The average Bonchev–Trinajstić information content (AvgIpc) is 3.58. The number of methoxy groups -OCH3 is 1. The normalized spacial score (nSPS) is 14.1. The van der Waals surface area contributed by atoms with Crippen LogP contribution in [0.5, 0.6) is 11.5 Å². The number of urea groups is 1. The van der Waals surface area contributed by atoms with Gasteiger partial charge >= 0.3 is 18.3 Å². The Morgan fingerprint density at radius 2 is 1.76 bits per heavy atom. The van der Waals surface area contributed by atoms with Gasteiger partial charge in [0.1, 0.15) is 24.2 Å². The van der Waals surface area contributed by atoms with Crippen LogP contribution in [0.15, 0.2) is 73.3 Å². The zero-order valence-corrected chi connectivity index (χ0v) is 21.0. The van der Waals surface area contributed by atoms with Crippen molar-refractivity contribution in [3.63, 3.8) is 0 Å². The number of hydrogen-bond donors (Lipinski definition) is 5. The summed E-state index contributed by atoms with van der Waals surface area (Å²) in [4.78, 5) is 27.9. The van der Waals surface area contributed by atoms with E-state index in [4.69, 9.17) is 4.74 Å². The van der Waals surface area contributed by atoms with Crippen molar-refractivity contribution in [3.05, 3.63) is 78.9 Å². The minimum absolute atomic E-state index is 0.129. The number of hydroxylamine groups is 1. The molecule has 0 fully saturated rings. The molecule has 1 atom stereocenters. The number of carbonyl (C=O) groups excluding carboxylic acids is 2. The van der Waals surface area contributed by atoms with Crippen molar-refractivity contribution < 1.29 is 37.4 Å². The summed E-state index contributed by atoms with van der Waals surface area (Å²) in [7, 11) is 1.20. The first kappa shape index (κ1) is 27.1. The first-order valence-electron chi connectivity index (χ1n) is 11.8. The van der Waals surface area contributed by atoms with Crippen LogP contribution in [0.4, 0.5) is 45.5 Å². The van der Waals surface area contributed by atoms with Gasteiger partial charge in [-0.1, -0.05) is 0 Å². The number of rotatable bonds is 6. The number of fused-ring (bicyclic) bond motifs is 1. The molecule has 5 N–H and O–H groups in total. The number of nitrogens with one attached hydrogen (secondary N) is 4. The fraction of sp³-hybridized carbons (Fsp3) is 0.120. The summed E-state index contributed by atoms with van der Waals surface area (Å²) in [6.45, 7) is 0. The van der Waals surface area contributed by atoms with Crippen molar-refractivity contribution in [2.45, 2.75) is 12.5 Å². The van der Waals surface area contributed by atoms with E-state index < -0.39 is 30.2 Å². The molecule has 0 saturated carbocycles. The lowest BCUT2D eigenvalue weighted by molar-refractivity contribution is -0.137. The minimum atomic E-state index is -4.61. The number of anilines is 4. The van der Waals surface area contributed by atoms with Crippen LogP contribution in [0.2, 0.25) is 0 Å². The van der Waals surface area contributed by atoms with Crippen LogP contribution >= 0.6 is 0 Å². The lowest BCUT2D eigenvalue weighted by Gasteiger charge is -2.20. The third kappa shape index (κ3) is 6.06. The highest BCUT2D eigenvalue weighted by Gasteiger charge is 2.32. The number of benzene rings is 3. The van der Waals surface area contributed by atoms with Crippen molar-refractivity contribution in [2.24, 2.45) is 0 Å². The second kappa shape index (κ2) is 10.9. The molecule has 0 radical (unpaired) electrons. The molecule has 1 aromatic heterocycles. The van der Waals surface area contributed by atoms with Gasteiger partial charge in [0.25, 0.3) is 0 Å². The number of halogens is 3. The Morgan fingerprint density at radius 1 is 1.00 bits per heavy atom. The van der Waals surface area contributed by atoms with Gasteiger partial charge in [0.2, 0.25) is 6.29 Å². The zero-order valence-electron chi connectivity index (χ0n) is 21.0. The SMILES string of the molecule is COC(=O)NC1Nc2ccc(Oc3ccc(NC(=O)Nc4cc(C(F)(F)F)ccc4-n4cncn4)cc3)cc2N1O. The molecule has 1 aliphatic rings. The molecule has 1 unspecified atom stereocenters. The van der Waals surface area contributed by atoms with E-state index in [1.165, 1.54) is 42.6 Å². The molecule has 41 heavy (non-hydrogen) atoms. The van der Waals surface area contributed by atoms with Gasteiger partial charge < -0.3 is 25.4 Å². The smallest absolute Gasteiger partial charge is 0.416 e. The van der Waals surface area contributed by atoms with Gasteiger partial charge in [-0.2, -0.15) is 18.3 Å². The second-order valence-corrected chi connectivity index (χ2v) is 8.48. The number of hydrogen-bond acceptors (Lipinski definition) is 9. The molecule has 1 aliphatic heterocycles. The maximum atomic E-state index is 13.3. The molecule has 13 nitrogen and oxygen atoms in total. The van der Waals surface area contributed by atoms with Crippen LogP contribution in [0.25, 0.3) is 5.69 Å². The Balaban J connectivity index is 1.24. The summed E-state index contributed by atoms with van der Waals surface area (Å²) in [5, 5.41) is 25.4. The summed E-state index contributed by atoms with van der Waals surface area (Å²) in [5.41, 5.74) is 0.336. The summed E-state index contributed by atoms with van der Waals surface area (Å²) in [6.07, 6.45) is -3.79. The Labute approximate surface area is 229 Å². The maximum absolute atomic E-state index is 13.3. The first-order chi connectivity index (χ1) is 19.6. The highest BCUT2D eigenvalue weighted by Crippen LogP contribution is 2.37. The number of nitrogens with zero attached hydrogens (tertiary/aromatic N) is 4. The fourth-order valence-corrected chi connectivity index (χ4v) is 3.87. The minimum Gasteiger partial charge on any atom is -0.457 e. The number of amides is 3. The van der Waals surface area contributed by atoms with Gasteiger partial charge in [0.15, 0.2) is 0 Å². The van der Waals surface area contributed by atoms with E-state index >= 15 is 0 Å². The Morgan fingerprint density at radius 3 is 2.44 bits per heavy atom. The quantitative estimate of drug-likeness (QED) is 0.216. The second-order valence-electron chi connectivity index (χ2n) is 8.48. The van der Waals surface area contributed by atoms with E-state index in [-0.39, 0.29) is 11.4 Å². The van der Waals surface area contributed by atoms with Crippen LogP contribution in [-0.2, 0) is 10.9 Å². The van der Waals surface area contributed by atoms with Crippen LogP contribution in [0, 0.1) is 0 Å². The summed E-state index contributed by atoms with van der Waals surface area (Å²) >= 11 is 0. The number of carbonyl (C=O) groups is 2. The van der Waals surface area contributed by atoms with Gasteiger partial charge in [-0.05, 0) is 54.6 Å². The molecule has 212 valence electrons. The molecule has 16 heteroatoms. The van der Waals surface area contributed by atoms with E-state index in [0.717, 1.165) is 17.2 Å². The Kier molecular flexibility index (Phi) is 7.22. The van der Waals surface area contributed by atoms with Crippen molar-refractivity contribution in [1.82, 2.24) is 20.1 Å². The molecular formula is C25H21F3N8O5. The van der Waals surface area contributed by atoms with E-state index in [9.17, 15) is 28.0 Å². The summed E-state index contributed by atoms with van der Waals surface area (Å²) in [6, 6.07) is 13.1. The lowest BCUT2D eigenvalue weighted by Crippen LogP contribution is -2.48. The van der Waals surface area contributed by atoms with Gasteiger partial charge in [0, 0.05) is 11.8 Å². The molecule has 3 amide bonds. The van der Waals surface area contributed by atoms with Crippen molar-refractivity contribution >= 4 is 34.9 Å². The lowest BCUT2D eigenvalue weighted by atomic mass is 10.1. The van der Waals surface area contributed by atoms with Gasteiger partial charge in [-0.25, -0.2) is 24.3 Å². The third-order valence-corrected chi connectivity index (χ3v) is 5.78. The number of alkyl carbamates (subject to hydrolysis) is 1. The Hall–Kier alpha value is -5.51. The number of alkyl halides is 3. The van der Waals surface area contributed by atoms with Crippen LogP contribution < -0.4 is 31.1 Å². The molecule has 0 spiro atoms. The van der Waals surface area contributed by atoms with Crippen LogP contribution in [0.3, 0.4) is 0 Å². The third-order valence-electron chi connectivity index (χ3n) is 5.78. The van der Waals surface area contributed by atoms with Crippen LogP contribution in [0.1, 0.15) is 5.56 Å². The number of aromatic nitrogens is 3. The topological polar surface area (TPSA) is 155 Å². The maximum Gasteiger partial charge on any atom is 0.416 e. The van der Waals surface area contributed by atoms with E-state index in [1.54, 1.807) is 30.3 Å². The largest absolute Gasteiger partial charge is 0.457 e. The molecule has 0 aliphatic carbocycles. The molecule has 0 saturated heterocycles. The fourth-order valence-electron chi connectivity index (χ4n) is 3.87. The highest BCUT2D eigenvalue weighted by atomic mass is 19.4. The first-order valence-corrected chi connectivity index (χ1v) is 11.8. The van der Waals surface area contributed by atoms with E-state index in [0.29, 0.717) is 28.6 Å². The summed E-state index contributed by atoms with van der Waals surface area (Å²) < 4.78 is 51.4. The van der Waals surface area contributed by atoms with Crippen molar-refractivity contribution in [1.29, 1.82) is 0 Å². The molecule has 2 heterocycles.